The van der Waals surface area contributed by atoms with E-state index < -0.39 is 0 Å². The lowest BCUT2D eigenvalue weighted by Gasteiger charge is -2.38. The zero-order valence-electron chi connectivity index (χ0n) is 6.21. The number of likely N-dealkylation sites (tertiary alicyclic amines) is 1. The third-order valence-electron chi connectivity index (χ3n) is 2.02. The van der Waals surface area contributed by atoms with Crippen molar-refractivity contribution >= 4 is 5.91 Å². The Balaban J connectivity index is 2.19. The van der Waals surface area contributed by atoms with Crippen molar-refractivity contribution in [3.05, 3.63) is 0 Å². The summed E-state index contributed by atoms with van der Waals surface area (Å²) < 4.78 is 0. The quantitative estimate of drug-likeness (QED) is 0.584. The fourth-order valence-corrected chi connectivity index (χ4v) is 1.13. The van der Waals surface area contributed by atoms with Crippen LogP contribution in [0, 0.1) is 5.92 Å². The van der Waals surface area contributed by atoms with Crippen LogP contribution in [0.25, 0.3) is 0 Å². The molecule has 0 spiro atoms. The minimum atomic E-state index is -0.337. The smallest absolute Gasteiger partial charge is 0.248 e. The SMILES string of the molecule is CCC1CN(C(=O)CO)C1. The van der Waals surface area contributed by atoms with Crippen molar-refractivity contribution in [3.63, 3.8) is 0 Å². The van der Waals surface area contributed by atoms with Crippen LogP contribution in [0.3, 0.4) is 0 Å². The van der Waals surface area contributed by atoms with Crippen LogP contribution in [-0.2, 0) is 4.79 Å². The van der Waals surface area contributed by atoms with Crippen LogP contribution in [0.5, 0.6) is 0 Å². The second-order valence-corrected chi connectivity index (χ2v) is 2.73. The van der Waals surface area contributed by atoms with Crippen LogP contribution in [0.15, 0.2) is 0 Å². The Labute approximate surface area is 60.6 Å². The van der Waals surface area contributed by atoms with Crippen LogP contribution >= 0.6 is 0 Å². The van der Waals surface area contributed by atoms with Crippen LogP contribution in [-0.4, -0.2) is 35.6 Å². The topological polar surface area (TPSA) is 40.5 Å². The van der Waals surface area contributed by atoms with Crippen molar-refractivity contribution in [2.24, 2.45) is 5.92 Å². The second-order valence-electron chi connectivity index (χ2n) is 2.73. The highest BCUT2D eigenvalue weighted by Crippen LogP contribution is 2.17. The normalized spacial score (nSPS) is 18.8. The monoisotopic (exact) mass is 143 g/mol. The molecule has 0 bridgehead atoms. The highest BCUT2D eigenvalue weighted by atomic mass is 16.3. The Kier molecular flexibility index (Phi) is 2.27. The number of hydrogen-bond donors (Lipinski definition) is 1. The molecule has 0 aromatic heterocycles. The Bertz CT molecular complexity index is 130. The number of nitrogens with zero attached hydrogens (tertiary/aromatic N) is 1. The van der Waals surface area contributed by atoms with E-state index in [2.05, 4.69) is 6.92 Å². The van der Waals surface area contributed by atoms with Gasteiger partial charge in [-0.2, -0.15) is 0 Å². The summed E-state index contributed by atoms with van der Waals surface area (Å²) in [5.74, 6) is 0.542. The molecule has 0 aliphatic carbocycles. The molecular weight excluding hydrogens is 130 g/mol. The number of rotatable bonds is 2. The zero-order chi connectivity index (χ0) is 7.56. The summed E-state index contributed by atoms with van der Waals surface area (Å²) >= 11 is 0. The summed E-state index contributed by atoms with van der Waals surface area (Å²) in [6.45, 7) is 3.47. The summed E-state index contributed by atoms with van der Waals surface area (Å²) in [5, 5.41) is 8.44. The fourth-order valence-electron chi connectivity index (χ4n) is 1.13. The molecule has 1 aliphatic rings. The summed E-state index contributed by atoms with van der Waals surface area (Å²) in [4.78, 5) is 12.4. The van der Waals surface area contributed by atoms with E-state index in [4.69, 9.17) is 5.11 Å². The van der Waals surface area contributed by atoms with Crippen molar-refractivity contribution < 1.29 is 9.90 Å². The number of carbonyl (C=O) groups is 1. The Morgan fingerprint density at radius 1 is 1.70 bits per heavy atom. The molecule has 10 heavy (non-hydrogen) atoms. The van der Waals surface area contributed by atoms with E-state index in [1.807, 2.05) is 0 Å². The van der Waals surface area contributed by atoms with Crippen LogP contribution < -0.4 is 0 Å². The van der Waals surface area contributed by atoms with Gasteiger partial charge in [-0.1, -0.05) is 6.92 Å². The first-order chi connectivity index (χ1) is 4.77. The molecule has 1 saturated heterocycles. The predicted molar refractivity (Wildman–Crippen MR) is 37.4 cm³/mol. The number of carbonyl (C=O) groups excluding carboxylic acids is 1. The molecule has 3 heteroatoms. The molecule has 1 heterocycles. The molecule has 0 radical (unpaired) electrons. The van der Waals surface area contributed by atoms with Crippen LogP contribution in [0.4, 0.5) is 0 Å². The number of hydrogen-bond acceptors (Lipinski definition) is 2. The van der Waals surface area contributed by atoms with Gasteiger partial charge in [0.05, 0.1) is 0 Å². The van der Waals surface area contributed by atoms with Crippen LogP contribution in [0.1, 0.15) is 13.3 Å². The molecule has 58 valence electrons. The molecule has 0 aromatic carbocycles. The van der Waals surface area contributed by atoms with E-state index in [0.717, 1.165) is 19.5 Å². The van der Waals surface area contributed by atoms with Crippen LogP contribution in [0.2, 0.25) is 0 Å². The van der Waals surface area contributed by atoms with E-state index in [0.29, 0.717) is 5.92 Å². The molecular formula is C7H13NO2. The fraction of sp³-hybridized carbons (Fsp3) is 0.857. The average Bonchev–Trinajstić information content (AvgIpc) is 1.85. The van der Waals surface area contributed by atoms with Gasteiger partial charge in [0.2, 0.25) is 5.91 Å². The van der Waals surface area contributed by atoms with E-state index >= 15 is 0 Å². The van der Waals surface area contributed by atoms with Crippen molar-refractivity contribution in [2.75, 3.05) is 19.7 Å². The Morgan fingerprint density at radius 3 is 2.70 bits per heavy atom. The zero-order valence-corrected chi connectivity index (χ0v) is 6.21. The largest absolute Gasteiger partial charge is 0.387 e. The summed E-state index contributed by atoms with van der Waals surface area (Å²) in [6, 6.07) is 0. The second kappa shape index (κ2) is 3.01. The van der Waals surface area contributed by atoms with Crippen molar-refractivity contribution in [3.8, 4) is 0 Å². The molecule has 1 rings (SSSR count). The molecule has 1 aliphatic heterocycles. The highest BCUT2D eigenvalue weighted by Gasteiger charge is 2.27. The van der Waals surface area contributed by atoms with E-state index in [1.54, 1.807) is 4.90 Å². The van der Waals surface area contributed by atoms with Crippen molar-refractivity contribution in [1.82, 2.24) is 4.90 Å². The average molecular weight is 143 g/mol. The molecule has 0 unspecified atom stereocenters. The maximum Gasteiger partial charge on any atom is 0.248 e. The minimum absolute atomic E-state index is 0.135. The number of amides is 1. The first-order valence-corrected chi connectivity index (χ1v) is 3.66. The molecule has 3 nitrogen and oxygen atoms in total. The van der Waals surface area contributed by atoms with Gasteiger partial charge in [0.15, 0.2) is 0 Å². The maximum absolute atomic E-state index is 10.7. The summed E-state index contributed by atoms with van der Waals surface area (Å²) in [7, 11) is 0. The van der Waals surface area contributed by atoms with E-state index in [-0.39, 0.29) is 12.5 Å². The van der Waals surface area contributed by atoms with E-state index in [1.165, 1.54) is 0 Å². The van der Waals surface area contributed by atoms with Gasteiger partial charge in [-0.15, -0.1) is 0 Å². The lowest BCUT2D eigenvalue weighted by atomic mass is 9.97. The molecule has 0 atom stereocenters. The summed E-state index contributed by atoms with van der Waals surface area (Å²) in [5.41, 5.74) is 0. The lowest BCUT2D eigenvalue weighted by molar-refractivity contribution is -0.140. The van der Waals surface area contributed by atoms with Crippen molar-refractivity contribution in [1.29, 1.82) is 0 Å². The molecule has 1 amide bonds. The first kappa shape index (κ1) is 7.54. The van der Waals surface area contributed by atoms with Gasteiger partial charge in [-0.3, -0.25) is 4.79 Å². The van der Waals surface area contributed by atoms with Gasteiger partial charge in [0, 0.05) is 13.1 Å². The summed E-state index contributed by atoms with van der Waals surface area (Å²) in [6.07, 6.45) is 1.13. The van der Waals surface area contributed by atoms with Crippen molar-refractivity contribution in [2.45, 2.75) is 13.3 Å². The van der Waals surface area contributed by atoms with Gasteiger partial charge in [0.1, 0.15) is 6.61 Å². The van der Waals surface area contributed by atoms with E-state index in [9.17, 15) is 4.79 Å². The Morgan fingerprint density at radius 2 is 2.30 bits per heavy atom. The number of aliphatic hydroxyl groups is 1. The highest BCUT2D eigenvalue weighted by molar-refractivity contribution is 5.77. The van der Waals surface area contributed by atoms with Gasteiger partial charge < -0.3 is 10.0 Å². The lowest BCUT2D eigenvalue weighted by Crippen LogP contribution is -2.50. The Hall–Kier alpha value is -0.570. The molecule has 0 aromatic rings. The van der Waals surface area contributed by atoms with Gasteiger partial charge >= 0.3 is 0 Å². The maximum atomic E-state index is 10.7. The minimum Gasteiger partial charge on any atom is -0.387 e. The number of aliphatic hydroxyl groups excluding tert-OH is 1. The predicted octanol–water partition coefficient (Wildman–Crippen LogP) is -0.153. The van der Waals surface area contributed by atoms with Gasteiger partial charge in [-0.05, 0) is 12.3 Å². The standard InChI is InChI=1S/C7H13NO2/c1-2-6-3-8(4-6)7(10)5-9/h6,9H,2-5H2,1H3. The molecule has 0 saturated carbocycles. The van der Waals surface area contributed by atoms with Gasteiger partial charge in [0.25, 0.3) is 0 Å². The molecule has 1 fully saturated rings. The van der Waals surface area contributed by atoms with Gasteiger partial charge in [-0.25, -0.2) is 0 Å². The third kappa shape index (κ3) is 1.29. The third-order valence-corrected chi connectivity index (χ3v) is 2.02. The first-order valence-electron chi connectivity index (χ1n) is 3.66. The molecule has 1 N–H and O–H groups in total.